The third kappa shape index (κ3) is 3.24. The number of rotatable bonds is 3. The molecule has 1 saturated heterocycles. The maximum Gasteiger partial charge on any atom is 0.154 e. The van der Waals surface area contributed by atoms with Crippen molar-refractivity contribution in [1.29, 1.82) is 0 Å². The summed E-state index contributed by atoms with van der Waals surface area (Å²) in [5.74, 6) is 3.57. The number of terminal acetylenes is 1. The molecule has 1 aromatic carbocycles. The highest BCUT2D eigenvalue weighted by Crippen LogP contribution is 2.26. The zero-order valence-corrected chi connectivity index (χ0v) is 16.0. The number of benzene rings is 1. The van der Waals surface area contributed by atoms with Crippen molar-refractivity contribution in [3.05, 3.63) is 55.0 Å². The summed E-state index contributed by atoms with van der Waals surface area (Å²) in [4.78, 5) is 6.68. The van der Waals surface area contributed by atoms with E-state index in [4.69, 9.17) is 16.3 Å². The second-order valence-electron chi connectivity index (χ2n) is 7.18. The van der Waals surface area contributed by atoms with E-state index in [0.717, 1.165) is 40.4 Å². The van der Waals surface area contributed by atoms with Crippen molar-refractivity contribution >= 4 is 11.5 Å². The van der Waals surface area contributed by atoms with Gasteiger partial charge in [0.1, 0.15) is 11.9 Å². The highest BCUT2D eigenvalue weighted by Gasteiger charge is 2.25. The molecule has 4 aromatic rings. The topological polar surface area (TPSA) is 71.3 Å². The summed E-state index contributed by atoms with van der Waals surface area (Å²) in [6, 6.07) is 12.3. The van der Waals surface area contributed by atoms with Gasteiger partial charge in [-0.2, -0.15) is 5.10 Å². The Morgan fingerprint density at radius 3 is 2.66 bits per heavy atom. The highest BCUT2D eigenvalue weighted by molar-refractivity contribution is 5.69. The average Bonchev–Trinajstić information content (AvgIpc) is 3.43. The van der Waals surface area contributed by atoms with Gasteiger partial charge in [0.05, 0.1) is 30.7 Å². The molecular weight excluding hydrogens is 364 g/mol. The predicted molar refractivity (Wildman–Crippen MR) is 111 cm³/mol. The third-order valence-corrected chi connectivity index (χ3v) is 5.13. The van der Waals surface area contributed by atoms with Crippen LogP contribution in [0.1, 0.15) is 6.92 Å². The highest BCUT2D eigenvalue weighted by atomic mass is 16.5. The van der Waals surface area contributed by atoms with E-state index in [2.05, 4.69) is 50.3 Å². The van der Waals surface area contributed by atoms with Gasteiger partial charge in [-0.1, -0.05) is 30.2 Å². The van der Waals surface area contributed by atoms with Gasteiger partial charge in [0.15, 0.2) is 5.65 Å². The van der Waals surface area contributed by atoms with Crippen molar-refractivity contribution in [2.75, 3.05) is 18.0 Å². The van der Waals surface area contributed by atoms with Gasteiger partial charge in [0.25, 0.3) is 0 Å². The molecule has 2 atom stereocenters. The van der Waals surface area contributed by atoms with Crippen LogP contribution in [0, 0.1) is 12.3 Å². The molecule has 0 spiro atoms. The monoisotopic (exact) mass is 384 g/mol. The summed E-state index contributed by atoms with van der Waals surface area (Å²) in [6.45, 7) is 3.40. The molecule has 3 aromatic heterocycles. The number of H-pyrrole nitrogens is 1. The zero-order valence-electron chi connectivity index (χ0n) is 16.0. The van der Waals surface area contributed by atoms with Crippen LogP contribution in [-0.2, 0) is 4.74 Å². The van der Waals surface area contributed by atoms with E-state index in [9.17, 15) is 0 Å². The van der Waals surface area contributed by atoms with Crippen molar-refractivity contribution in [2.24, 2.45) is 0 Å². The molecule has 7 heteroatoms. The number of ether oxygens (including phenoxy) is 1. The Hall–Kier alpha value is -3.63. The molecule has 1 N–H and O–H groups in total. The summed E-state index contributed by atoms with van der Waals surface area (Å²) in [6.07, 6.45) is 11.0. The first-order valence-corrected chi connectivity index (χ1v) is 9.52. The van der Waals surface area contributed by atoms with E-state index >= 15 is 0 Å². The SMILES string of the molecule is C#C[C@@H]1CN(c2ccc3ncc(-c4ccc(-c5cn[nH]c5)cc4)n3n2)C[C@@H](C)O1. The lowest BCUT2D eigenvalue weighted by Crippen LogP contribution is -2.46. The summed E-state index contributed by atoms with van der Waals surface area (Å²) in [7, 11) is 0. The molecular formula is C22H20N6O. The number of imidazole rings is 1. The number of morpholine rings is 1. The molecule has 0 aliphatic carbocycles. The molecule has 144 valence electrons. The molecule has 29 heavy (non-hydrogen) atoms. The summed E-state index contributed by atoms with van der Waals surface area (Å²) in [5.41, 5.74) is 4.95. The number of hydrogen-bond donors (Lipinski definition) is 1. The third-order valence-electron chi connectivity index (χ3n) is 5.13. The van der Waals surface area contributed by atoms with Crippen molar-refractivity contribution in [2.45, 2.75) is 19.1 Å². The molecule has 0 unspecified atom stereocenters. The maximum atomic E-state index is 5.76. The van der Waals surface area contributed by atoms with Gasteiger partial charge in [-0.05, 0) is 24.6 Å². The molecule has 1 fully saturated rings. The Kier molecular flexibility index (Phi) is 4.26. The number of fused-ring (bicyclic) bond motifs is 1. The molecule has 5 rings (SSSR count). The van der Waals surface area contributed by atoms with Crippen LogP contribution in [0.25, 0.3) is 28.0 Å². The fraction of sp³-hybridized carbons (Fsp3) is 0.227. The van der Waals surface area contributed by atoms with Gasteiger partial charge in [-0.15, -0.1) is 11.5 Å². The van der Waals surface area contributed by atoms with Gasteiger partial charge in [0.2, 0.25) is 0 Å². The lowest BCUT2D eigenvalue weighted by molar-refractivity contribution is 0.0151. The molecule has 1 aliphatic heterocycles. The number of anilines is 1. The lowest BCUT2D eigenvalue weighted by Gasteiger charge is -2.35. The van der Waals surface area contributed by atoms with Crippen molar-refractivity contribution in [3.8, 4) is 34.7 Å². The van der Waals surface area contributed by atoms with Gasteiger partial charge in [-0.25, -0.2) is 9.50 Å². The van der Waals surface area contributed by atoms with Crippen LogP contribution in [0.5, 0.6) is 0 Å². The lowest BCUT2D eigenvalue weighted by atomic mass is 10.1. The van der Waals surface area contributed by atoms with Gasteiger partial charge in [0, 0.05) is 23.9 Å². The normalized spacial score (nSPS) is 19.4. The first-order chi connectivity index (χ1) is 14.2. The number of hydrogen-bond acceptors (Lipinski definition) is 5. The van der Waals surface area contributed by atoms with Crippen molar-refractivity contribution in [3.63, 3.8) is 0 Å². The van der Waals surface area contributed by atoms with Gasteiger partial charge < -0.3 is 9.64 Å². The number of aromatic nitrogens is 5. The van der Waals surface area contributed by atoms with Crippen LogP contribution >= 0.6 is 0 Å². The van der Waals surface area contributed by atoms with Crippen LogP contribution in [0.15, 0.2) is 55.0 Å². The second kappa shape index (κ2) is 7.08. The minimum atomic E-state index is -0.228. The van der Waals surface area contributed by atoms with Gasteiger partial charge >= 0.3 is 0 Å². The van der Waals surface area contributed by atoms with Crippen LogP contribution in [0.2, 0.25) is 0 Å². The molecule has 0 bridgehead atoms. The first-order valence-electron chi connectivity index (χ1n) is 9.52. The van der Waals surface area contributed by atoms with E-state index in [-0.39, 0.29) is 12.2 Å². The summed E-state index contributed by atoms with van der Waals surface area (Å²) in [5, 5.41) is 11.7. The Labute approximate surface area is 168 Å². The Morgan fingerprint density at radius 1 is 1.07 bits per heavy atom. The van der Waals surface area contributed by atoms with Crippen molar-refractivity contribution < 1.29 is 4.74 Å². The fourth-order valence-corrected chi connectivity index (χ4v) is 3.70. The van der Waals surface area contributed by atoms with E-state index in [1.807, 2.05) is 42.2 Å². The van der Waals surface area contributed by atoms with Gasteiger partial charge in [-0.3, -0.25) is 5.10 Å². The first kappa shape index (κ1) is 17.5. The Balaban J connectivity index is 1.49. The van der Waals surface area contributed by atoms with E-state index in [1.165, 1.54) is 0 Å². The maximum absolute atomic E-state index is 5.76. The average molecular weight is 384 g/mol. The Bertz CT molecular complexity index is 1170. The molecule has 0 radical (unpaired) electrons. The second-order valence-corrected chi connectivity index (χ2v) is 7.18. The minimum Gasteiger partial charge on any atom is -0.359 e. The molecule has 4 heterocycles. The van der Waals surface area contributed by atoms with E-state index in [1.54, 1.807) is 0 Å². The molecule has 1 aliphatic rings. The van der Waals surface area contributed by atoms with E-state index in [0.29, 0.717) is 6.54 Å². The quantitative estimate of drug-likeness (QED) is 0.550. The van der Waals surface area contributed by atoms with Crippen LogP contribution in [0.4, 0.5) is 5.82 Å². The van der Waals surface area contributed by atoms with Crippen LogP contribution in [-0.4, -0.2) is 50.1 Å². The van der Waals surface area contributed by atoms with Crippen molar-refractivity contribution in [1.82, 2.24) is 24.8 Å². The number of nitrogens with one attached hydrogen (secondary N) is 1. The van der Waals surface area contributed by atoms with E-state index < -0.39 is 0 Å². The summed E-state index contributed by atoms with van der Waals surface area (Å²) >= 11 is 0. The number of nitrogens with zero attached hydrogens (tertiary/aromatic N) is 5. The Morgan fingerprint density at radius 2 is 1.90 bits per heavy atom. The fourth-order valence-electron chi connectivity index (χ4n) is 3.70. The zero-order chi connectivity index (χ0) is 19.8. The van der Waals surface area contributed by atoms with Crippen LogP contribution < -0.4 is 4.90 Å². The summed E-state index contributed by atoms with van der Waals surface area (Å²) < 4.78 is 7.65. The largest absolute Gasteiger partial charge is 0.359 e. The molecule has 0 amide bonds. The molecule has 7 nitrogen and oxygen atoms in total. The molecule has 0 saturated carbocycles. The number of aromatic amines is 1. The minimum absolute atomic E-state index is 0.0556. The standard InChI is InChI=1S/C22H20N6O/c1-3-19-14-27(13-15(2)29-19)22-9-8-21-23-12-20(28(21)26-22)17-6-4-16(5-7-17)18-10-24-25-11-18/h1,4-12,15,19H,13-14H2,2H3,(H,24,25)/t15-,19-/m1/s1. The predicted octanol–water partition coefficient (Wildman–Crippen LogP) is 3.01. The van der Waals surface area contributed by atoms with Crippen LogP contribution in [0.3, 0.4) is 0 Å². The smallest absolute Gasteiger partial charge is 0.154 e.